The van der Waals surface area contributed by atoms with Crippen molar-refractivity contribution < 1.29 is 9.32 Å². The van der Waals surface area contributed by atoms with Crippen LogP contribution in [0.25, 0.3) is 11.4 Å². The van der Waals surface area contributed by atoms with Crippen LogP contribution in [0.15, 0.2) is 40.0 Å². The van der Waals surface area contributed by atoms with Gasteiger partial charge in [0, 0.05) is 17.0 Å². The maximum Gasteiger partial charge on any atom is 0.237 e. The Bertz CT molecular complexity index is 893. The number of benzene rings is 1. The molecular formula is C18H21N5O2S. The zero-order chi connectivity index (χ0) is 18.7. The number of H-pyrrole nitrogens is 1. The molecule has 0 aliphatic rings. The molecular weight excluding hydrogens is 350 g/mol. The summed E-state index contributed by atoms with van der Waals surface area (Å²) in [5.74, 6) is 0.999. The summed E-state index contributed by atoms with van der Waals surface area (Å²) in [4.78, 5) is 16.5. The average Bonchev–Trinajstić information content (AvgIpc) is 3.22. The van der Waals surface area contributed by atoms with Crippen molar-refractivity contribution >= 4 is 23.6 Å². The van der Waals surface area contributed by atoms with Gasteiger partial charge >= 0.3 is 0 Å². The number of thioether (sulfide) groups is 1. The maximum absolute atomic E-state index is 12.1. The maximum atomic E-state index is 12.1. The monoisotopic (exact) mass is 371 g/mol. The molecule has 2 N–H and O–H groups in total. The van der Waals surface area contributed by atoms with E-state index in [2.05, 4.69) is 25.7 Å². The fourth-order valence-electron chi connectivity index (χ4n) is 2.14. The summed E-state index contributed by atoms with van der Waals surface area (Å²) in [5.41, 5.74) is 2.79. The summed E-state index contributed by atoms with van der Waals surface area (Å²) in [7, 11) is 0. The highest BCUT2D eigenvalue weighted by Gasteiger charge is 2.19. The molecule has 0 aliphatic heterocycles. The minimum Gasteiger partial charge on any atom is -0.338 e. The molecule has 0 atom stereocenters. The molecule has 0 unspecified atom stereocenters. The number of nitrogens with one attached hydrogen (secondary N) is 2. The van der Waals surface area contributed by atoms with Crippen molar-refractivity contribution in [3.63, 3.8) is 0 Å². The van der Waals surface area contributed by atoms with Crippen molar-refractivity contribution in [2.24, 2.45) is 0 Å². The van der Waals surface area contributed by atoms with E-state index in [-0.39, 0.29) is 17.1 Å². The number of aryl methyl sites for hydroxylation is 1. The Morgan fingerprint density at radius 3 is 2.65 bits per heavy atom. The van der Waals surface area contributed by atoms with Crippen molar-refractivity contribution in [1.29, 1.82) is 0 Å². The Labute approximate surface area is 156 Å². The van der Waals surface area contributed by atoms with Gasteiger partial charge in [-0.2, -0.15) is 0 Å². The van der Waals surface area contributed by atoms with Gasteiger partial charge in [0.2, 0.25) is 16.9 Å². The lowest BCUT2D eigenvalue weighted by Crippen LogP contribution is -2.14. The number of amides is 1. The number of carbonyl (C=O) groups excluding carboxylic acids is 1. The molecule has 0 saturated heterocycles. The molecule has 0 bridgehead atoms. The number of aromatic amines is 1. The van der Waals surface area contributed by atoms with Crippen molar-refractivity contribution in [2.75, 3.05) is 11.1 Å². The van der Waals surface area contributed by atoms with Crippen LogP contribution in [0.5, 0.6) is 0 Å². The van der Waals surface area contributed by atoms with E-state index < -0.39 is 0 Å². The average molecular weight is 371 g/mol. The molecule has 0 fully saturated rings. The minimum atomic E-state index is -0.201. The Hall–Kier alpha value is -2.61. The fourth-order valence-corrected chi connectivity index (χ4v) is 2.74. The predicted octanol–water partition coefficient (Wildman–Crippen LogP) is 3.80. The lowest BCUT2D eigenvalue weighted by molar-refractivity contribution is -0.113. The largest absolute Gasteiger partial charge is 0.338 e. The van der Waals surface area contributed by atoms with E-state index in [1.807, 2.05) is 52.0 Å². The van der Waals surface area contributed by atoms with Crippen molar-refractivity contribution in [1.82, 2.24) is 20.3 Å². The Morgan fingerprint density at radius 1 is 1.27 bits per heavy atom. The van der Waals surface area contributed by atoms with Crippen molar-refractivity contribution in [3.8, 4) is 11.4 Å². The molecule has 8 heteroatoms. The molecule has 1 amide bonds. The van der Waals surface area contributed by atoms with E-state index in [0.29, 0.717) is 16.9 Å². The lowest BCUT2D eigenvalue weighted by atomic mass is 9.92. The number of anilines is 1. The molecule has 136 valence electrons. The lowest BCUT2D eigenvalue weighted by Gasteiger charge is -2.12. The van der Waals surface area contributed by atoms with Gasteiger partial charge in [0.25, 0.3) is 0 Å². The first-order valence-corrected chi connectivity index (χ1v) is 9.19. The molecule has 26 heavy (non-hydrogen) atoms. The minimum absolute atomic E-state index is 0.132. The molecule has 3 rings (SSSR count). The molecule has 1 aromatic carbocycles. The quantitative estimate of drug-likeness (QED) is 0.662. The summed E-state index contributed by atoms with van der Waals surface area (Å²) in [6.07, 6.45) is 0. The van der Waals surface area contributed by atoms with Crippen LogP contribution in [0.1, 0.15) is 32.0 Å². The van der Waals surface area contributed by atoms with Crippen LogP contribution < -0.4 is 5.32 Å². The Morgan fingerprint density at radius 2 is 2.00 bits per heavy atom. The third kappa shape index (κ3) is 4.51. The molecule has 7 nitrogen and oxygen atoms in total. The standard InChI is InChI=1S/C18H21N5O2S/c1-11-5-7-12(8-6-11)16-20-17(22-21-16)26-10-14(24)19-15-9-13(23-25-15)18(2,3)4/h5-9H,10H2,1-4H3,(H,19,24)(H,20,21,22). The van der Waals surface area contributed by atoms with Crippen LogP contribution >= 0.6 is 11.8 Å². The second kappa shape index (κ2) is 7.33. The third-order valence-corrected chi connectivity index (χ3v) is 4.51. The Kier molecular flexibility index (Phi) is 5.13. The number of rotatable bonds is 5. The second-order valence-electron chi connectivity index (χ2n) is 7.00. The number of aromatic nitrogens is 4. The number of hydrogen-bond acceptors (Lipinski definition) is 6. The van der Waals surface area contributed by atoms with Crippen LogP contribution in [-0.2, 0) is 10.2 Å². The first-order valence-electron chi connectivity index (χ1n) is 8.20. The first kappa shape index (κ1) is 18.2. The summed E-state index contributed by atoms with van der Waals surface area (Å²) >= 11 is 1.25. The summed E-state index contributed by atoms with van der Waals surface area (Å²) in [6.45, 7) is 8.12. The first-order chi connectivity index (χ1) is 12.3. The highest BCUT2D eigenvalue weighted by molar-refractivity contribution is 7.99. The van der Waals surface area contributed by atoms with E-state index in [1.165, 1.54) is 17.3 Å². The van der Waals surface area contributed by atoms with E-state index in [4.69, 9.17) is 4.52 Å². The molecule has 2 aromatic heterocycles. The Balaban J connectivity index is 1.55. The highest BCUT2D eigenvalue weighted by atomic mass is 32.2. The van der Waals surface area contributed by atoms with Gasteiger partial charge < -0.3 is 4.52 Å². The van der Waals surface area contributed by atoms with Gasteiger partial charge in [0.15, 0.2) is 5.82 Å². The summed E-state index contributed by atoms with van der Waals surface area (Å²) in [6, 6.07) is 9.73. The fraction of sp³-hybridized carbons (Fsp3) is 0.333. The van der Waals surface area contributed by atoms with Crippen LogP contribution in [0.3, 0.4) is 0 Å². The third-order valence-electron chi connectivity index (χ3n) is 3.66. The van der Waals surface area contributed by atoms with E-state index >= 15 is 0 Å². The van der Waals surface area contributed by atoms with Gasteiger partial charge in [-0.25, -0.2) is 4.98 Å². The van der Waals surface area contributed by atoms with Gasteiger partial charge in [0.05, 0.1) is 11.4 Å². The topological polar surface area (TPSA) is 96.7 Å². The van der Waals surface area contributed by atoms with Crippen LogP contribution in [0.2, 0.25) is 0 Å². The van der Waals surface area contributed by atoms with Crippen molar-refractivity contribution in [3.05, 3.63) is 41.6 Å². The van der Waals surface area contributed by atoms with E-state index in [9.17, 15) is 4.79 Å². The molecule has 0 radical (unpaired) electrons. The summed E-state index contributed by atoms with van der Waals surface area (Å²) < 4.78 is 5.16. The van der Waals surface area contributed by atoms with Crippen molar-refractivity contribution in [2.45, 2.75) is 38.3 Å². The number of carbonyl (C=O) groups is 1. The SMILES string of the molecule is Cc1ccc(-c2nc(SCC(=O)Nc3cc(C(C)(C)C)no3)n[nH]2)cc1. The second-order valence-corrected chi connectivity index (χ2v) is 7.94. The van der Waals surface area contributed by atoms with Crippen LogP contribution in [-0.4, -0.2) is 32.0 Å². The number of hydrogen-bond donors (Lipinski definition) is 2. The van der Waals surface area contributed by atoms with Crippen LogP contribution in [0, 0.1) is 6.92 Å². The molecule has 0 spiro atoms. The number of nitrogens with zero attached hydrogens (tertiary/aromatic N) is 3. The van der Waals surface area contributed by atoms with Gasteiger partial charge in [-0.05, 0) is 6.92 Å². The van der Waals surface area contributed by atoms with E-state index in [1.54, 1.807) is 6.07 Å². The summed E-state index contributed by atoms with van der Waals surface area (Å²) in [5, 5.41) is 14.2. The van der Waals surface area contributed by atoms with Crippen LogP contribution in [0.4, 0.5) is 5.88 Å². The molecule has 0 aliphatic carbocycles. The molecule has 0 saturated carbocycles. The normalized spacial score (nSPS) is 11.5. The zero-order valence-corrected chi connectivity index (χ0v) is 16.0. The van der Waals surface area contributed by atoms with Gasteiger partial charge in [-0.1, -0.05) is 67.5 Å². The van der Waals surface area contributed by atoms with Gasteiger partial charge in [-0.15, -0.1) is 5.10 Å². The predicted molar refractivity (Wildman–Crippen MR) is 101 cm³/mol. The highest BCUT2D eigenvalue weighted by Crippen LogP contribution is 2.24. The molecule has 3 aromatic rings. The molecule has 2 heterocycles. The van der Waals surface area contributed by atoms with Gasteiger partial charge in [0.1, 0.15) is 0 Å². The van der Waals surface area contributed by atoms with E-state index in [0.717, 1.165) is 11.3 Å². The zero-order valence-electron chi connectivity index (χ0n) is 15.2. The smallest absolute Gasteiger partial charge is 0.237 e. The van der Waals surface area contributed by atoms with Gasteiger partial charge in [-0.3, -0.25) is 15.2 Å².